The van der Waals surface area contributed by atoms with Crippen molar-refractivity contribution in [3.8, 4) is 6.07 Å². The molecule has 5 heavy (non-hydrogen) atoms. The summed E-state index contributed by atoms with van der Waals surface area (Å²) in [5.41, 5.74) is 0. The third kappa shape index (κ3) is 36.1. The van der Waals surface area contributed by atoms with Gasteiger partial charge in [0.2, 0.25) is 0 Å². The molecule has 28 valence electrons. The molecule has 0 spiro atoms. The Labute approximate surface area is 35.9 Å². The highest BCUT2D eigenvalue weighted by molar-refractivity contribution is 5.75. The minimum Gasteiger partial charge on any atom is -0.193 e. The van der Waals surface area contributed by atoms with Gasteiger partial charge in [0.25, 0.3) is 0 Å². The molecule has 0 rings (SSSR count). The normalized spacial score (nSPS) is 3.00. The lowest BCUT2D eigenvalue weighted by molar-refractivity contribution is 1.54. The van der Waals surface area contributed by atoms with Gasteiger partial charge in [-0.3, -0.25) is 0 Å². The fraction of sp³-hybridized carbons (Fsp3) is 0. The third-order valence-electron chi connectivity index (χ3n) is 0.0913. The van der Waals surface area contributed by atoms with Gasteiger partial charge in [-0.2, -0.15) is 5.26 Å². The first-order valence-electron chi connectivity index (χ1n) is 0.921. The third-order valence-corrected chi connectivity index (χ3v) is 0.0913. The van der Waals surface area contributed by atoms with E-state index in [-0.39, 0.29) is 11.0 Å². The smallest absolute Gasteiger partial charge is 0.0905 e. The zero-order chi connectivity index (χ0) is 3.41. The molecule has 0 aliphatic heterocycles. The summed E-state index contributed by atoms with van der Waals surface area (Å²) in [6.07, 6.45) is 1.18. The van der Waals surface area contributed by atoms with Crippen molar-refractivity contribution in [2.45, 2.75) is 0 Å². The molecule has 0 fully saturated rings. The Morgan fingerprint density at radius 2 is 2.00 bits per heavy atom. The second-order valence-electron chi connectivity index (χ2n) is 0.333. The molecule has 2 heteroatoms. The van der Waals surface area contributed by atoms with Crippen molar-refractivity contribution in [1.82, 2.24) is 0 Å². The molecule has 0 unspecified atom stereocenters. The molecule has 0 aliphatic rings. The van der Waals surface area contributed by atoms with E-state index in [0.29, 0.717) is 0 Å². The SMILES string of the molecule is C=CC#N.[SiH4]. The fourth-order valence-corrected chi connectivity index (χ4v) is 0. The predicted molar refractivity (Wildman–Crippen MR) is 27.1 cm³/mol. The zero-order valence-corrected chi connectivity index (χ0v) is 2.23. The van der Waals surface area contributed by atoms with E-state index in [1.807, 2.05) is 0 Å². The van der Waals surface area contributed by atoms with Crippen LogP contribution in [0.4, 0.5) is 0 Å². The summed E-state index contributed by atoms with van der Waals surface area (Å²) >= 11 is 0. The van der Waals surface area contributed by atoms with Crippen LogP contribution in [0.3, 0.4) is 0 Å². The first kappa shape index (κ1) is 8.82. The summed E-state index contributed by atoms with van der Waals surface area (Å²) in [5, 5.41) is 7.51. The lowest BCUT2D eigenvalue weighted by Crippen LogP contribution is -1.23. The molecule has 0 saturated heterocycles. The maximum atomic E-state index is 7.51. The minimum atomic E-state index is 0. The lowest BCUT2D eigenvalue weighted by Gasteiger charge is -1.31. The van der Waals surface area contributed by atoms with Crippen LogP contribution in [0.2, 0.25) is 0 Å². The Morgan fingerprint density at radius 3 is 2.00 bits per heavy atom. The van der Waals surface area contributed by atoms with Crippen molar-refractivity contribution in [2.75, 3.05) is 0 Å². The van der Waals surface area contributed by atoms with Gasteiger partial charge in [-0.05, 0) is 11.0 Å². The van der Waals surface area contributed by atoms with Crippen LogP contribution in [-0.2, 0) is 0 Å². The zero-order valence-electron chi connectivity index (χ0n) is 2.23. The van der Waals surface area contributed by atoms with E-state index in [1.165, 1.54) is 6.08 Å². The van der Waals surface area contributed by atoms with Gasteiger partial charge in [0.1, 0.15) is 0 Å². The van der Waals surface area contributed by atoms with Crippen LogP contribution in [0.5, 0.6) is 0 Å². The molecule has 0 aromatic carbocycles. The van der Waals surface area contributed by atoms with Crippen LogP contribution < -0.4 is 0 Å². The van der Waals surface area contributed by atoms with Crippen LogP contribution in [-0.4, -0.2) is 11.0 Å². The first-order valence-corrected chi connectivity index (χ1v) is 0.921. The van der Waals surface area contributed by atoms with Crippen molar-refractivity contribution in [2.24, 2.45) is 0 Å². The molecule has 0 aromatic rings. The Bertz CT molecular complexity index is 52.4. The second kappa shape index (κ2) is 9.86. The molecule has 0 bridgehead atoms. The summed E-state index contributed by atoms with van der Waals surface area (Å²) in [6.45, 7) is 3.12. The van der Waals surface area contributed by atoms with Gasteiger partial charge in [0, 0.05) is 6.08 Å². The maximum Gasteiger partial charge on any atom is 0.0905 e. The van der Waals surface area contributed by atoms with Crippen molar-refractivity contribution in [3.63, 3.8) is 0 Å². The topological polar surface area (TPSA) is 23.8 Å². The van der Waals surface area contributed by atoms with E-state index >= 15 is 0 Å². The first-order chi connectivity index (χ1) is 1.91. The largest absolute Gasteiger partial charge is 0.193 e. The van der Waals surface area contributed by atoms with Gasteiger partial charge in [-0.15, -0.1) is 0 Å². The van der Waals surface area contributed by atoms with E-state index in [1.54, 1.807) is 6.07 Å². The molecule has 0 aliphatic carbocycles. The van der Waals surface area contributed by atoms with Crippen LogP contribution in [0.25, 0.3) is 0 Å². The van der Waals surface area contributed by atoms with E-state index < -0.39 is 0 Å². The molecular formula is C3H7NSi. The lowest BCUT2D eigenvalue weighted by atomic mass is 10.8. The minimum absolute atomic E-state index is 0. The molecule has 0 atom stereocenters. The highest BCUT2D eigenvalue weighted by Gasteiger charge is 1.34. The van der Waals surface area contributed by atoms with Gasteiger partial charge in [0.15, 0.2) is 0 Å². The van der Waals surface area contributed by atoms with Crippen molar-refractivity contribution >= 4 is 11.0 Å². The summed E-state index contributed by atoms with van der Waals surface area (Å²) in [4.78, 5) is 0. The number of rotatable bonds is 0. The molecule has 0 N–H and O–H groups in total. The van der Waals surface area contributed by atoms with E-state index in [4.69, 9.17) is 5.26 Å². The number of nitriles is 1. The molecule has 0 aromatic heterocycles. The highest BCUT2D eigenvalue weighted by atomic mass is 28.1. The Kier molecular flexibility index (Phi) is 17.4. The van der Waals surface area contributed by atoms with E-state index in [2.05, 4.69) is 6.58 Å². The molecular weight excluding hydrogens is 78.1 g/mol. The van der Waals surface area contributed by atoms with Crippen LogP contribution in [0.15, 0.2) is 12.7 Å². The summed E-state index contributed by atoms with van der Waals surface area (Å²) in [7, 11) is 0. The van der Waals surface area contributed by atoms with Gasteiger partial charge >= 0.3 is 0 Å². The van der Waals surface area contributed by atoms with Gasteiger partial charge in [0.05, 0.1) is 6.07 Å². The van der Waals surface area contributed by atoms with E-state index in [0.717, 1.165) is 0 Å². The van der Waals surface area contributed by atoms with Crippen molar-refractivity contribution in [3.05, 3.63) is 12.7 Å². The second-order valence-corrected chi connectivity index (χ2v) is 0.333. The molecule has 0 heterocycles. The molecule has 1 nitrogen and oxygen atoms in total. The van der Waals surface area contributed by atoms with Gasteiger partial charge in [-0.1, -0.05) is 6.58 Å². The monoisotopic (exact) mass is 85.0 g/mol. The standard InChI is InChI=1S/C3H3N.H4Si/c1-2-3-4;/h2H,1H2;1H4. The fourth-order valence-electron chi connectivity index (χ4n) is 0. The Morgan fingerprint density at radius 1 is 1.80 bits per heavy atom. The molecule has 0 amide bonds. The summed E-state index contributed by atoms with van der Waals surface area (Å²) in [5.74, 6) is 0. The predicted octanol–water partition coefficient (Wildman–Crippen LogP) is -0.756. The van der Waals surface area contributed by atoms with Crippen LogP contribution in [0, 0.1) is 11.3 Å². The number of allylic oxidation sites excluding steroid dienone is 1. The highest BCUT2D eigenvalue weighted by Crippen LogP contribution is 1.41. The number of hydrogen-bond acceptors (Lipinski definition) is 1. The Balaban J connectivity index is 0. The number of hydrogen-bond donors (Lipinski definition) is 0. The summed E-state index contributed by atoms with van der Waals surface area (Å²) < 4.78 is 0. The van der Waals surface area contributed by atoms with E-state index in [9.17, 15) is 0 Å². The Hall–Kier alpha value is -0.553. The quantitative estimate of drug-likeness (QED) is 0.280. The maximum absolute atomic E-state index is 7.51. The average molecular weight is 85.2 g/mol. The van der Waals surface area contributed by atoms with Crippen LogP contribution in [0.1, 0.15) is 0 Å². The van der Waals surface area contributed by atoms with Crippen LogP contribution >= 0.6 is 0 Å². The number of nitrogens with zero attached hydrogens (tertiary/aromatic N) is 1. The molecule has 0 saturated carbocycles. The van der Waals surface area contributed by atoms with Crippen molar-refractivity contribution in [1.29, 1.82) is 5.26 Å². The van der Waals surface area contributed by atoms with Gasteiger partial charge < -0.3 is 0 Å². The average Bonchev–Trinajstić information content (AvgIpc) is 1.37. The van der Waals surface area contributed by atoms with Crippen molar-refractivity contribution < 1.29 is 0 Å². The van der Waals surface area contributed by atoms with Gasteiger partial charge in [-0.25, -0.2) is 0 Å². The molecule has 0 radical (unpaired) electrons. The summed E-state index contributed by atoms with van der Waals surface area (Å²) in [6, 6.07) is 1.69.